The quantitative estimate of drug-likeness (QED) is 0.824. The lowest BCUT2D eigenvalue weighted by atomic mass is 10.2. The van der Waals surface area contributed by atoms with Crippen molar-refractivity contribution < 1.29 is 26.4 Å². The van der Waals surface area contributed by atoms with Crippen molar-refractivity contribution in [2.45, 2.75) is 11.1 Å². The molecule has 7 nitrogen and oxygen atoms in total. The number of aromatic nitrogens is 1. The number of carbonyl (C=O) groups excluding carboxylic acids is 1. The van der Waals surface area contributed by atoms with Crippen molar-refractivity contribution in [2.24, 2.45) is 0 Å². The van der Waals surface area contributed by atoms with Gasteiger partial charge in [-0.05, 0) is 36.4 Å². The molecule has 2 aromatic rings. The number of nitrogens with one attached hydrogen (secondary N) is 1. The third-order valence-corrected chi connectivity index (χ3v) is 6.31. The molecule has 1 amide bonds. The lowest BCUT2D eigenvalue weighted by molar-refractivity contribution is -0.137. The lowest BCUT2D eigenvalue weighted by Crippen LogP contribution is -2.51. The Balaban J connectivity index is 1.71. The first-order chi connectivity index (χ1) is 13.1. The van der Waals surface area contributed by atoms with Gasteiger partial charge < -0.3 is 9.88 Å². The molecular weight excluding hydrogens is 399 g/mol. The number of sulfonamides is 1. The molecule has 28 heavy (non-hydrogen) atoms. The van der Waals surface area contributed by atoms with Crippen LogP contribution in [0, 0.1) is 0 Å². The van der Waals surface area contributed by atoms with Crippen molar-refractivity contribution in [1.29, 1.82) is 0 Å². The zero-order valence-corrected chi connectivity index (χ0v) is 15.3. The number of hydrogen-bond acceptors (Lipinski definition) is 4. The standard InChI is InChI=1S/C17H16F3N3O4S/c18-17(19,20)12-3-5-13(6-4-12)28(26,27)23-10-8-22(9-11-23)16(25)14-2-1-7-21-15(14)24/h1-7H,8-11H2,(H,21,24). The fourth-order valence-corrected chi connectivity index (χ4v) is 4.28. The third kappa shape index (κ3) is 3.94. The summed E-state index contributed by atoms with van der Waals surface area (Å²) in [4.78, 5) is 27.6. The van der Waals surface area contributed by atoms with E-state index in [2.05, 4.69) is 4.98 Å². The summed E-state index contributed by atoms with van der Waals surface area (Å²) in [6.07, 6.45) is -3.16. The van der Waals surface area contributed by atoms with Crippen LogP contribution in [0.5, 0.6) is 0 Å². The number of H-pyrrole nitrogens is 1. The number of piperazine rings is 1. The second-order valence-corrected chi connectivity index (χ2v) is 8.07. The molecule has 0 spiro atoms. The molecule has 11 heteroatoms. The summed E-state index contributed by atoms with van der Waals surface area (Å²) in [6.45, 7) is 0.0692. The Morgan fingerprint density at radius 3 is 2.14 bits per heavy atom. The minimum Gasteiger partial charge on any atom is -0.336 e. The monoisotopic (exact) mass is 415 g/mol. The van der Waals surface area contributed by atoms with Gasteiger partial charge in [0, 0.05) is 32.4 Å². The Bertz CT molecular complexity index is 1020. The molecule has 0 radical (unpaired) electrons. The smallest absolute Gasteiger partial charge is 0.336 e. The predicted molar refractivity (Wildman–Crippen MR) is 93.2 cm³/mol. The summed E-state index contributed by atoms with van der Waals surface area (Å²) in [7, 11) is -3.99. The highest BCUT2D eigenvalue weighted by atomic mass is 32.2. The number of carbonyl (C=O) groups is 1. The average molecular weight is 415 g/mol. The van der Waals surface area contributed by atoms with Crippen LogP contribution < -0.4 is 5.56 Å². The van der Waals surface area contributed by atoms with Crippen LogP contribution in [0.3, 0.4) is 0 Å². The molecule has 3 rings (SSSR count). The highest BCUT2D eigenvalue weighted by Gasteiger charge is 2.33. The zero-order chi connectivity index (χ0) is 20.5. The van der Waals surface area contributed by atoms with Gasteiger partial charge in [0.25, 0.3) is 11.5 Å². The van der Waals surface area contributed by atoms with Gasteiger partial charge >= 0.3 is 6.18 Å². The molecule has 0 aliphatic carbocycles. The molecule has 1 aromatic carbocycles. The van der Waals surface area contributed by atoms with Crippen LogP contribution in [-0.2, 0) is 16.2 Å². The van der Waals surface area contributed by atoms with Gasteiger partial charge in [-0.15, -0.1) is 0 Å². The van der Waals surface area contributed by atoms with Crippen molar-refractivity contribution >= 4 is 15.9 Å². The second kappa shape index (κ2) is 7.40. The Kier molecular flexibility index (Phi) is 5.31. The summed E-state index contributed by atoms with van der Waals surface area (Å²) >= 11 is 0. The van der Waals surface area contributed by atoms with Gasteiger partial charge in [-0.25, -0.2) is 8.42 Å². The first-order valence-electron chi connectivity index (χ1n) is 8.25. The molecule has 1 aliphatic heterocycles. The number of alkyl halides is 3. The van der Waals surface area contributed by atoms with Crippen LogP contribution in [0.4, 0.5) is 13.2 Å². The fraction of sp³-hybridized carbons (Fsp3) is 0.294. The van der Waals surface area contributed by atoms with Gasteiger partial charge in [0.1, 0.15) is 5.56 Å². The van der Waals surface area contributed by atoms with E-state index >= 15 is 0 Å². The van der Waals surface area contributed by atoms with E-state index in [4.69, 9.17) is 0 Å². The normalized spacial score (nSPS) is 16.2. The van der Waals surface area contributed by atoms with Gasteiger partial charge in [-0.2, -0.15) is 17.5 Å². The highest BCUT2D eigenvalue weighted by Crippen LogP contribution is 2.30. The first kappa shape index (κ1) is 20.1. The number of halogens is 3. The fourth-order valence-electron chi connectivity index (χ4n) is 2.86. The largest absolute Gasteiger partial charge is 0.416 e. The molecule has 150 valence electrons. The minimum absolute atomic E-state index is 0.0279. The molecule has 1 aliphatic rings. The van der Waals surface area contributed by atoms with E-state index < -0.39 is 33.2 Å². The average Bonchev–Trinajstić information content (AvgIpc) is 2.67. The molecule has 1 aromatic heterocycles. The van der Waals surface area contributed by atoms with Gasteiger partial charge in [0.05, 0.1) is 10.5 Å². The SMILES string of the molecule is O=C(c1ccc[nH]c1=O)N1CCN(S(=O)(=O)c2ccc(C(F)(F)F)cc2)CC1. The van der Waals surface area contributed by atoms with E-state index in [1.807, 2.05) is 0 Å². The molecule has 1 saturated heterocycles. The number of aromatic amines is 1. The van der Waals surface area contributed by atoms with Crippen LogP contribution in [-0.4, -0.2) is 54.7 Å². The van der Waals surface area contributed by atoms with Crippen molar-refractivity contribution in [3.63, 3.8) is 0 Å². The van der Waals surface area contributed by atoms with Crippen molar-refractivity contribution in [3.05, 3.63) is 64.1 Å². The molecule has 0 unspecified atom stereocenters. The van der Waals surface area contributed by atoms with Crippen LogP contribution in [0.2, 0.25) is 0 Å². The number of pyridine rings is 1. The van der Waals surface area contributed by atoms with Gasteiger partial charge in [0.2, 0.25) is 10.0 Å². The summed E-state index contributed by atoms with van der Waals surface area (Å²) in [5.74, 6) is -0.506. The minimum atomic E-state index is -4.55. The highest BCUT2D eigenvalue weighted by molar-refractivity contribution is 7.89. The second-order valence-electron chi connectivity index (χ2n) is 6.13. The molecular formula is C17H16F3N3O4S. The maximum absolute atomic E-state index is 12.6. The van der Waals surface area contributed by atoms with Crippen LogP contribution in [0.25, 0.3) is 0 Å². The zero-order valence-electron chi connectivity index (χ0n) is 14.4. The predicted octanol–water partition coefficient (Wildman–Crippen LogP) is 1.54. The van der Waals surface area contributed by atoms with E-state index in [1.54, 1.807) is 0 Å². The van der Waals surface area contributed by atoms with Crippen LogP contribution in [0.1, 0.15) is 15.9 Å². The lowest BCUT2D eigenvalue weighted by Gasteiger charge is -2.33. The number of nitrogens with zero attached hydrogens (tertiary/aromatic N) is 2. The van der Waals surface area contributed by atoms with Crippen molar-refractivity contribution in [2.75, 3.05) is 26.2 Å². The number of benzene rings is 1. The Morgan fingerprint density at radius 2 is 1.61 bits per heavy atom. The van der Waals surface area contributed by atoms with Crippen molar-refractivity contribution in [3.8, 4) is 0 Å². The first-order valence-corrected chi connectivity index (χ1v) is 9.69. The molecule has 0 atom stereocenters. The molecule has 2 heterocycles. The van der Waals surface area contributed by atoms with E-state index in [1.165, 1.54) is 23.2 Å². The summed E-state index contributed by atoms with van der Waals surface area (Å²) < 4.78 is 64.3. The van der Waals surface area contributed by atoms with Gasteiger partial charge in [-0.1, -0.05) is 0 Å². The molecule has 1 N–H and O–H groups in total. The number of hydrogen-bond donors (Lipinski definition) is 1. The Labute approximate surface area is 158 Å². The summed E-state index contributed by atoms with van der Waals surface area (Å²) in [5, 5.41) is 0. The molecule has 0 saturated carbocycles. The maximum atomic E-state index is 12.6. The topological polar surface area (TPSA) is 90.6 Å². The van der Waals surface area contributed by atoms with Crippen LogP contribution >= 0.6 is 0 Å². The van der Waals surface area contributed by atoms with Gasteiger partial charge in [0.15, 0.2) is 0 Å². The maximum Gasteiger partial charge on any atom is 0.416 e. The van der Waals surface area contributed by atoms with E-state index in [0.717, 1.165) is 16.4 Å². The number of rotatable bonds is 3. The summed E-state index contributed by atoms with van der Waals surface area (Å²) in [6, 6.07) is 6.16. The Morgan fingerprint density at radius 1 is 1.00 bits per heavy atom. The number of amides is 1. The van der Waals surface area contributed by atoms with Crippen molar-refractivity contribution in [1.82, 2.24) is 14.2 Å². The van der Waals surface area contributed by atoms with E-state index in [0.29, 0.717) is 12.1 Å². The van der Waals surface area contributed by atoms with Crippen LogP contribution in [0.15, 0.2) is 52.3 Å². The summed E-state index contributed by atoms with van der Waals surface area (Å²) in [5.41, 5.74) is -1.51. The molecule has 0 bridgehead atoms. The third-order valence-electron chi connectivity index (χ3n) is 4.39. The van der Waals surface area contributed by atoms with Gasteiger partial charge in [-0.3, -0.25) is 9.59 Å². The van der Waals surface area contributed by atoms with E-state index in [-0.39, 0.29) is 36.6 Å². The Hall–Kier alpha value is -2.66. The molecule has 1 fully saturated rings. The van der Waals surface area contributed by atoms with E-state index in [9.17, 15) is 31.2 Å².